The molecule has 2 fully saturated rings. The fourth-order valence-electron chi connectivity index (χ4n) is 4.42. The van der Waals surface area contributed by atoms with Gasteiger partial charge in [0.05, 0.1) is 24.5 Å². The van der Waals surface area contributed by atoms with Crippen LogP contribution in [0.4, 0.5) is 11.4 Å². The number of fused-ring (bicyclic) bond motifs is 1. The van der Waals surface area contributed by atoms with Crippen LogP contribution < -0.4 is 14.7 Å². The molecule has 7 heteroatoms. The minimum absolute atomic E-state index is 0.265. The Morgan fingerprint density at radius 3 is 2.25 bits per heavy atom. The number of methoxy groups -OCH3 is 1. The molecule has 0 bridgehead atoms. The van der Waals surface area contributed by atoms with E-state index in [4.69, 9.17) is 9.57 Å². The average molecular weight is 493 g/mol. The average Bonchev–Trinajstić information content (AvgIpc) is 3.31. The molecule has 0 saturated carbocycles. The van der Waals surface area contributed by atoms with Gasteiger partial charge in [-0.25, -0.2) is 9.96 Å². The van der Waals surface area contributed by atoms with Gasteiger partial charge in [0.2, 0.25) is 5.91 Å². The van der Waals surface area contributed by atoms with E-state index in [9.17, 15) is 9.59 Å². The number of ether oxygens (including phenoxy) is 1. The van der Waals surface area contributed by atoms with E-state index < -0.39 is 18.1 Å². The summed E-state index contributed by atoms with van der Waals surface area (Å²) in [6.45, 7) is 1.98. The van der Waals surface area contributed by atoms with Gasteiger partial charge >= 0.3 is 0 Å². The van der Waals surface area contributed by atoms with E-state index in [0.717, 1.165) is 27.0 Å². The van der Waals surface area contributed by atoms with Gasteiger partial charge < -0.3 is 4.74 Å². The molecule has 162 valence electrons. The topological polar surface area (TPSA) is 59.1 Å². The molecule has 2 saturated heterocycles. The zero-order chi connectivity index (χ0) is 22.4. The number of nitrogens with zero attached hydrogens (tertiary/aromatic N) is 2. The highest BCUT2D eigenvalue weighted by molar-refractivity contribution is 9.10. The normalized spacial score (nSPS) is 22.4. The monoisotopic (exact) mass is 492 g/mol. The maximum atomic E-state index is 13.6. The van der Waals surface area contributed by atoms with Gasteiger partial charge in [-0.15, -0.1) is 0 Å². The number of aryl methyl sites for hydroxylation is 1. The third-order valence-corrected chi connectivity index (χ3v) is 6.54. The molecule has 5 rings (SSSR count). The van der Waals surface area contributed by atoms with E-state index in [1.54, 1.807) is 24.3 Å². The van der Waals surface area contributed by atoms with Gasteiger partial charge in [-0.3, -0.25) is 14.4 Å². The molecule has 2 aliphatic heterocycles. The lowest BCUT2D eigenvalue weighted by atomic mass is 9.90. The van der Waals surface area contributed by atoms with Crippen LogP contribution in [0.1, 0.15) is 17.2 Å². The summed E-state index contributed by atoms with van der Waals surface area (Å²) in [5.41, 5.74) is 3.24. The summed E-state index contributed by atoms with van der Waals surface area (Å²) in [6, 6.07) is 22.0. The van der Waals surface area contributed by atoms with Crippen molar-refractivity contribution in [3.05, 3.63) is 88.4 Å². The summed E-state index contributed by atoms with van der Waals surface area (Å²) in [7, 11) is 1.61. The van der Waals surface area contributed by atoms with Crippen molar-refractivity contribution in [1.29, 1.82) is 0 Å². The molecule has 2 aliphatic rings. The summed E-state index contributed by atoms with van der Waals surface area (Å²) >= 11 is 3.40. The van der Waals surface area contributed by atoms with E-state index >= 15 is 0 Å². The van der Waals surface area contributed by atoms with Gasteiger partial charge in [0.15, 0.2) is 6.10 Å². The van der Waals surface area contributed by atoms with E-state index in [2.05, 4.69) is 15.9 Å². The van der Waals surface area contributed by atoms with Gasteiger partial charge in [0, 0.05) is 4.47 Å². The Labute approximate surface area is 194 Å². The van der Waals surface area contributed by atoms with Gasteiger partial charge in [0.25, 0.3) is 5.91 Å². The number of hydrogen-bond donors (Lipinski definition) is 0. The molecule has 0 unspecified atom stereocenters. The second-order valence-corrected chi connectivity index (χ2v) is 8.79. The summed E-state index contributed by atoms with van der Waals surface area (Å²) in [5.74, 6) is -0.563. The van der Waals surface area contributed by atoms with Crippen LogP contribution >= 0.6 is 15.9 Å². The molecule has 2 amide bonds. The van der Waals surface area contributed by atoms with Crippen molar-refractivity contribution in [2.45, 2.75) is 19.1 Å². The van der Waals surface area contributed by atoms with Crippen LogP contribution in [0.3, 0.4) is 0 Å². The third kappa shape index (κ3) is 3.29. The van der Waals surface area contributed by atoms with Crippen LogP contribution in [0, 0.1) is 12.8 Å². The van der Waals surface area contributed by atoms with Crippen molar-refractivity contribution in [2.24, 2.45) is 5.92 Å². The number of benzene rings is 3. The predicted molar refractivity (Wildman–Crippen MR) is 124 cm³/mol. The van der Waals surface area contributed by atoms with E-state index in [-0.39, 0.29) is 11.8 Å². The smallest absolute Gasteiger partial charge is 0.266 e. The first-order valence-corrected chi connectivity index (χ1v) is 11.1. The maximum Gasteiger partial charge on any atom is 0.266 e. The fraction of sp³-hybridized carbons (Fsp3) is 0.200. The zero-order valence-electron chi connectivity index (χ0n) is 17.6. The lowest BCUT2D eigenvalue weighted by Crippen LogP contribution is -2.37. The SMILES string of the molecule is COc1ccc([C@H]2[C@H]3C(=O)N(c4ccc(Br)cc4)C(=O)[C@@H]3ON2c2ccccc2C)cc1. The Morgan fingerprint density at radius 2 is 1.59 bits per heavy atom. The second kappa shape index (κ2) is 8.07. The number of hydroxylamine groups is 1. The number of carbonyl (C=O) groups is 2. The number of rotatable bonds is 4. The first-order valence-electron chi connectivity index (χ1n) is 10.3. The van der Waals surface area contributed by atoms with Crippen molar-refractivity contribution in [3.8, 4) is 5.75 Å². The number of amides is 2. The Morgan fingerprint density at radius 1 is 0.906 bits per heavy atom. The highest BCUT2D eigenvalue weighted by atomic mass is 79.9. The molecular formula is C25H21BrN2O4. The Hall–Kier alpha value is -3.16. The van der Waals surface area contributed by atoms with Crippen LogP contribution in [0.15, 0.2) is 77.3 Å². The summed E-state index contributed by atoms with van der Waals surface area (Å²) in [6.07, 6.45) is -0.891. The Bertz CT molecular complexity index is 1180. The first-order chi connectivity index (χ1) is 15.5. The van der Waals surface area contributed by atoms with Crippen LogP contribution in [-0.4, -0.2) is 25.0 Å². The quantitative estimate of drug-likeness (QED) is 0.488. The summed E-state index contributed by atoms with van der Waals surface area (Å²) in [4.78, 5) is 34.4. The van der Waals surface area contributed by atoms with Crippen LogP contribution in [-0.2, 0) is 14.4 Å². The van der Waals surface area contributed by atoms with Crippen molar-refractivity contribution in [1.82, 2.24) is 0 Å². The molecule has 32 heavy (non-hydrogen) atoms. The van der Waals surface area contributed by atoms with Crippen molar-refractivity contribution >= 4 is 39.1 Å². The van der Waals surface area contributed by atoms with Gasteiger partial charge in [0.1, 0.15) is 11.7 Å². The molecule has 0 N–H and O–H groups in total. The third-order valence-electron chi connectivity index (χ3n) is 6.01. The Balaban J connectivity index is 1.59. The molecule has 0 radical (unpaired) electrons. The lowest BCUT2D eigenvalue weighted by Gasteiger charge is -2.29. The lowest BCUT2D eigenvalue weighted by molar-refractivity contribution is -0.126. The summed E-state index contributed by atoms with van der Waals surface area (Å²) < 4.78 is 6.17. The van der Waals surface area contributed by atoms with Crippen LogP contribution in [0.25, 0.3) is 0 Å². The standard InChI is InChI=1S/C25H21BrN2O4/c1-15-5-3-4-6-20(15)28-22(16-7-13-19(31-2)14-8-16)21-23(32-28)25(30)27(24(21)29)18-11-9-17(26)10-12-18/h3-14,21-23H,1-2H3/t21-,22+,23-/m1/s1. The number of imide groups is 1. The minimum Gasteiger partial charge on any atom is -0.497 e. The van der Waals surface area contributed by atoms with Gasteiger partial charge in [-0.05, 0) is 60.5 Å². The summed E-state index contributed by atoms with van der Waals surface area (Å²) in [5, 5.41) is 1.72. The predicted octanol–water partition coefficient (Wildman–Crippen LogP) is 4.82. The number of halogens is 1. The number of carbonyl (C=O) groups excluding carboxylic acids is 2. The second-order valence-electron chi connectivity index (χ2n) is 7.87. The maximum absolute atomic E-state index is 13.6. The van der Waals surface area contributed by atoms with Crippen LogP contribution in [0.2, 0.25) is 0 Å². The van der Waals surface area contributed by atoms with Crippen molar-refractivity contribution in [3.63, 3.8) is 0 Å². The fourth-order valence-corrected chi connectivity index (χ4v) is 4.68. The molecule has 0 aromatic heterocycles. The van der Waals surface area contributed by atoms with Crippen molar-refractivity contribution in [2.75, 3.05) is 17.1 Å². The molecule has 3 aromatic rings. The number of para-hydroxylation sites is 1. The van der Waals surface area contributed by atoms with E-state index in [1.807, 2.05) is 67.6 Å². The Kier molecular flexibility index (Phi) is 5.23. The molecule has 2 heterocycles. The molecule has 6 nitrogen and oxygen atoms in total. The largest absolute Gasteiger partial charge is 0.497 e. The minimum atomic E-state index is -0.891. The number of hydrogen-bond acceptors (Lipinski definition) is 5. The highest BCUT2D eigenvalue weighted by Gasteiger charge is 2.60. The van der Waals surface area contributed by atoms with Crippen LogP contribution in [0.5, 0.6) is 5.75 Å². The molecule has 0 spiro atoms. The van der Waals surface area contributed by atoms with Gasteiger partial charge in [-0.2, -0.15) is 0 Å². The molecule has 3 aromatic carbocycles. The van der Waals surface area contributed by atoms with E-state index in [0.29, 0.717) is 5.69 Å². The highest BCUT2D eigenvalue weighted by Crippen LogP contribution is 2.48. The molecule has 0 aliphatic carbocycles. The number of anilines is 2. The zero-order valence-corrected chi connectivity index (χ0v) is 19.2. The van der Waals surface area contributed by atoms with Gasteiger partial charge in [-0.1, -0.05) is 46.3 Å². The van der Waals surface area contributed by atoms with Crippen molar-refractivity contribution < 1.29 is 19.2 Å². The molecule has 3 atom stereocenters. The van der Waals surface area contributed by atoms with E-state index in [1.165, 1.54) is 4.90 Å². The first kappa shape index (κ1) is 20.7. The molecular weight excluding hydrogens is 472 g/mol.